The number of nitrogens with one attached hydrogen (secondary N) is 1. The summed E-state index contributed by atoms with van der Waals surface area (Å²) in [6.45, 7) is 12.2. The molecule has 2 aliphatic rings. The van der Waals surface area contributed by atoms with Crippen molar-refractivity contribution in [2.45, 2.75) is 32.7 Å². The van der Waals surface area contributed by atoms with Crippen LogP contribution in [-0.2, 0) is 4.74 Å². The Hall–Kier alpha value is -0.160. The average Bonchev–Trinajstić information content (AvgIpc) is 2.32. The van der Waals surface area contributed by atoms with Crippen molar-refractivity contribution in [3.05, 3.63) is 0 Å². The normalized spacial score (nSPS) is 25.6. The molecule has 100 valence electrons. The minimum atomic E-state index is 0.677. The molecule has 0 spiro atoms. The third-order valence-corrected chi connectivity index (χ3v) is 3.59. The molecule has 0 amide bonds. The van der Waals surface area contributed by atoms with Crippen molar-refractivity contribution < 1.29 is 4.74 Å². The van der Waals surface area contributed by atoms with Crippen LogP contribution in [-0.4, -0.2) is 61.9 Å². The number of hydrogen-bond acceptors (Lipinski definition) is 4. The van der Waals surface area contributed by atoms with Crippen LogP contribution in [0.25, 0.3) is 0 Å². The summed E-state index contributed by atoms with van der Waals surface area (Å²) in [5, 5.41) is 2.34. The molecule has 2 saturated heterocycles. The Balaban J connectivity index is 1.64. The third kappa shape index (κ3) is 4.54. The molecule has 0 aromatic rings. The van der Waals surface area contributed by atoms with Gasteiger partial charge in [-0.3, -0.25) is 5.43 Å². The summed E-state index contributed by atoms with van der Waals surface area (Å²) in [6, 6.07) is 0.677. The van der Waals surface area contributed by atoms with E-state index in [2.05, 4.69) is 29.2 Å². The first kappa shape index (κ1) is 13.3. The first-order valence-electron chi connectivity index (χ1n) is 7.05. The molecule has 0 aromatic carbocycles. The van der Waals surface area contributed by atoms with E-state index < -0.39 is 0 Å². The zero-order valence-electron chi connectivity index (χ0n) is 11.3. The second kappa shape index (κ2) is 6.69. The molecule has 2 aliphatic heterocycles. The first-order valence-corrected chi connectivity index (χ1v) is 7.05. The van der Waals surface area contributed by atoms with Crippen LogP contribution in [0.2, 0.25) is 0 Å². The maximum Gasteiger partial charge on any atom is 0.0608 e. The molecule has 0 aromatic heterocycles. The van der Waals surface area contributed by atoms with Crippen molar-refractivity contribution in [1.29, 1.82) is 0 Å². The minimum Gasteiger partial charge on any atom is -0.379 e. The fraction of sp³-hybridized carbons (Fsp3) is 1.00. The van der Waals surface area contributed by atoms with Gasteiger partial charge < -0.3 is 9.64 Å². The molecule has 1 N–H and O–H groups in total. The van der Waals surface area contributed by atoms with Gasteiger partial charge in [-0.1, -0.05) is 13.8 Å². The lowest BCUT2D eigenvalue weighted by Gasteiger charge is -2.37. The summed E-state index contributed by atoms with van der Waals surface area (Å²) in [7, 11) is 0. The maximum absolute atomic E-state index is 5.36. The predicted molar refractivity (Wildman–Crippen MR) is 69.8 cm³/mol. The lowest BCUT2D eigenvalue weighted by atomic mass is 10.0. The molecule has 0 bridgehead atoms. The highest BCUT2D eigenvalue weighted by Gasteiger charge is 2.21. The fourth-order valence-corrected chi connectivity index (χ4v) is 2.71. The number of rotatable bonds is 4. The zero-order valence-corrected chi connectivity index (χ0v) is 11.3. The van der Waals surface area contributed by atoms with Crippen LogP contribution in [0.3, 0.4) is 0 Å². The van der Waals surface area contributed by atoms with E-state index in [0.29, 0.717) is 6.04 Å². The zero-order chi connectivity index (χ0) is 12.1. The van der Waals surface area contributed by atoms with Crippen LogP contribution in [0.15, 0.2) is 0 Å². The highest BCUT2D eigenvalue weighted by molar-refractivity contribution is 4.77. The van der Waals surface area contributed by atoms with E-state index in [4.69, 9.17) is 4.74 Å². The number of hydrazine groups is 1. The van der Waals surface area contributed by atoms with E-state index in [0.717, 1.165) is 32.2 Å². The fourth-order valence-electron chi connectivity index (χ4n) is 2.71. The highest BCUT2D eigenvalue weighted by atomic mass is 16.5. The average molecular weight is 241 g/mol. The number of morpholine rings is 1. The molecule has 4 heteroatoms. The van der Waals surface area contributed by atoms with Gasteiger partial charge in [-0.2, -0.15) is 0 Å². The molecule has 0 radical (unpaired) electrons. The molecule has 0 atom stereocenters. The SMILES string of the molecule is CC(C)CN1CCC(NN2CCOCC2)CC1. The Morgan fingerprint density at radius 1 is 1.12 bits per heavy atom. The Labute approximate surface area is 105 Å². The number of piperidine rings is 1. The van der Waals surface area contributed by atoms with E-state index >= 15 is 0 Å². The lowest BCUT2D eigenvalue weighted by molar-refractivity contribution is -0.00309. The van der Waals surface area contributed by atoms with Crippen LogP contribution in [0, 0.1) is 5.92 Å². The van der Waals surface area contributed by atoms with Gasteiger partial charge in [0.15, 0.2) is 0 Å². The lowest BCUT2D eigenvalue weighted by Crippen LogP contribution is -2.53. The van der Waals surface area contributed by atoms with Gasteiger partial charge in [-0.15, -0.1) is 0 Å². The second-order valence-electron chi connectivity index (χ2n) is 5.70. The summed E-state index contributed by atoms with van der Waals surface area (Å²) in [4.78, 5) is 2.60. The Morgan fingerprint density at radius 2 is 1.76 bits per heavy atom. The number of likely N-dealkylation sites (tertiary alicyclic amines) is 1. The van der Waals surface area contributed by atoms with Crippen LogP contribution < -0.4 is 5.43 Å². The smallest absolute Gasteiger partial charge is 0.0608 e. The van der Waals surface area contributed by atoms with Gasteiger partial charge in [0.05, 0.1) is 13.2 Å². The third-order valence-electron chi connectivity index (χ3n) is 3.59. The van der Waals surface area contributed by atoms with Crippen molar-refractivity contribution in [2.75, 3.05) is 45.9 Å². The summed E-state index contributed by atoms with van der Waals surface area (Å²) in [5.74, 6) is 0.791. The van der Waals surface area contributed by atoms with Crippen molar-refractivity contribution in [2.24, 2.45) is 5.92 Å². The molecule has 0 aliphatic carbocycles. The highest BCUT2D eigenvalue weighted by Crippen LogP contribution is 2.12. The minimum absolute atomic E-state index is 0.677. The Bertz CT molecular complexity index is 209. The van der Waals surface area contributed by atoms with Gasteiger partial charge in [-0.25, -0.2) is 5.01 Å². The summed E-state index contributed by atoms with van der Waals surface area (Å²) < 4.78 is 5.36. The Morgan fingerprint density at radius 3 is 2.35 bits per heavy atom. The first-order chi connectivity index (χ1) is 8.24. The molecule has 2 rings (SSSR count). The van der Waals surface area contributed by atoms with Gasteiger partial charge in [0.1, 0.15) is 0 Å². The number of nitrogens with zero attached hydrogens (tertiary/aromatic N) is 2. The Kier molecular flexibility index (Phi) is 5.22. The van der Waals surface area contributed by atoms with Gasteiger partial charge in [0.25, 0.3) is 0 Å². The van der Waals surface area contributed by atoms with E-state index in [-0.39, 0.29) is 0 Å². The predicted octanol–water partition coefficient (Wildman–Crippen LogP) is 0.944. The molecular weight excluding hydrogens is 214 g/mol. The summed E-state index contributed by atoms with van der Waals surface area (Å²) in [5.41, 5.74) is 3.66. The van der Waals surface area contributed by atoms with Crippen LogP contribution in [0.1, 0.15) is 26.7 Å². The van der Waals surface area contributed by atoms with Gasteiger partial charge in [0.2, 0.25) is 0 Å². The van der Waals surface area contributed by atoms with E-state index in [9.17, 15) is 0 Å². The van der Waals surface area contributed by atoms with Crippen LogP contribution in [0.4, 0.5) is 0 Å². The van der Waals surface area contributed by atoms with Crippen LogP contribution in [0.5, 0.6) is 0 Å². The van der Waals surface area contributed by atoms with E-state index in [1.54, 1.807) is 0 Å². The van der Waals surface area contributed by atoms with Crippen molar-refractivity contribution in [3.63, 3.8) is 0 Å². The molecule has 2 fully saturated rings. The monoisotopic (exact) mass is 241 g/mol. The summed E-state index contributed by atoms with van der Waals surface area (Å²) in [6.07, 6.45) is 2.56. The molecule has 2 heterocycles. The van der Waals surface area contributed by atoms with Gasteiger partial charge >= 0.3 is 0 Å². The molecular formula is C13H27N3O. The van der Waals surface area contributed by atoms with Gasteiger partial charge in [0, 0.05) is 25.7 Å². The largest absolute Gasteiger partial charge is 0.379 e. The topological polar surface area (TPSA) is 27.7 Å². The standard InChI is InChI=1S/C13H27N3O/c1-12(2)11-15-5-3-13(4-6-15)14-16-7-9-17-10-8-16/h12-14H,3-11H2,1-2H3. The van der Waals surface area contributed by atoms with Crippen molar-refractivity contribution in [1.82, 2.24) is 15.3 Å². The van der Waals surface area contributed by atoms with Crippen molar-refractivity contribution in [3.8, 4) is 0 Å². The second-order valence-corrected chi connectivity index (χ2v) is 5.70. The molecule has 0 saturated carbocycles. The van der Waals surface area contributed by atoms with E-state index in [1.165, 1.54) is 32.5 Å². The quantitative estimate of drug-likeness (QED) is 0.793. The van der Waals surface area contributed by atoms with Crippen LogP contribution >= 0.6 is 0 Å². The molecule has 17 heavy (non-hydrogen) atoms. The molecule has 4 nitrogen and oxygen atoms in total. The molecule has 0 unspecified atom stereocenters. The van der Waals surface area contributed by atoms with E-state index in [1.807, 2.05) is 0 Å². The van der Waals surface area contributed by atoms with Gasteiger partial charge in [-0.05, 0) is 31.8 Å². The summed E-state index contributed by atoms with van der Waals surface area (Å²) >= 11 is 0. The number of ether oxygens (including phenoxy) is 1. The number of hydrogen-bond donors (Lipinski definition) is 1. The van der Waals surface area contributed by atoms with Crippen molar-refractivity contribution >= 4 is 0 Å². The maximum atomic E-state index is 5.36.